The SMILES string of the molecule is CCNC(=NCc1ccc(C)cc1OC(C)CC)NCC(C)N1CCN(CC)CC1. The van der Waals surface area contributed by atoms with Gasteiger partial charge in [-0.1, -0.05) is 26.0 Å². The standard InChI is InChI=1S/C24H43N5O/c1-7-21(6)30-23-16-19(4)10-11-22(23)18-27-24(25-8-2)26-17-20(5)29-14-12-28(9-3)13-15-29/h10-11,16,20-21H,7-9,12-15,17-18H2,1-6H3,(H2,25,26,27). The number of ether oxygens (including phenoxy) is 1. The molecule has 1 fully saturated rings. The summed E-state index contributed by atoms with van der Waals surface area (Å²) in [5.41, 5.74) is 2.34. The fraction of sp³-hybridized carbons (Fsp3) is 0.708. The molecule has 2 N–H and O–H groups in total. The van der Waals surface area contributed by atoms with Gasteiger partial charge in [-0.25, -0.2) is 4.99 Å². The maximum Gasteiger partial charge on any atom is 0.191 e. The van der Waals surface area contributed by atoms with Gasteiger partial charge < -0.3 is 20.3 Å². The number of aliphatic imine (C=N–C) groups is 1. The summed E-state index contributed by atoms with van der Waals surface area (Å²) >= 11 is 0. The van der Waals surface area contributed by atoms with Gasteiger partial charge in [0.2, 0.25) is 0 Å². The van der Waals surface area contributed by atoms with Crippen LogP contribution in [-0.4, -0.2) is 73.7 Å². The summed E-state index contributed by atoms with van der Waals surface area (Å²) in [6.07, 6.45) is 1.19. The van der Waals surface area contributed by atoms with Crippen molar-refractivity contribution in [3.05, 3.63) is 29.3 Å². The first-order valence-electron chi connectivity index (χ1n) is 11.7. The number of guanidine groups is 1. The summed E-state index contributed by atoms with van der Waals surface area (Å²) in [5.74, 6) is 1.82. The van der Waals surface area contributed by atoms with Crippen LogP contribution >= 0.6 is 0 Å². The molecule has 0 spiro atoms. The monoisotopic (exact) mass is 417 g/mol. The van der Waals surface area contributed by atoms with Crippen molar-refractivity contribution in [1.82, 2.24) is 20.4 Å². The normalized spacial score (nSPS) is 18.1. The minimum absolute atomic E-state index is 0.204. The number of likely N-dealkylation sites (N-methyl/N-ethyl adjacent to an activating group) is 1. The van der Waals surface area contributed by atoms with E-state index in [0.717, 1.165) is 56.4 Å². The van der Waals surface area contributed by atoms with E-state index in [1.807, 2.05) is 0 Å². The smallest absolute Gasteiger partial charge is 0.191 e. The molecule has 0 bridgehead atoms. The van der Waals surface area contributed by atoms with Gasteiger partial charge in [-0.05, 0) is 52.3 Å². The maximum atomic E-state index is 6.14. The summed E-state index contributed by atoms with van der Waals surface area (Å²) < 4.78 is 6.14. The summed E-state index contributed by atoms with van der Waals surface area (Å²) in [7, 11) is 0. The average Bonchev–Trinajstić information content (AvgIpc) is 2.76. The van der Waals surface area contributed by atoms with Gasteiger partial charge in [0.15, 0.2) is 5.96 Å². The van der Waals surface area contributed by atoms with Crippen molar-refractivity contribution < 1.29 is 4.74 Å². The van der Waals surface area contributed by atoms with Crippen molar-refractivity contribution in [1.29, 1.82) is 0 Å². The molecule has 6 nitrogen and oxygen atoms in total. The van der Waals surface area contributed by atoms with Crippen LogP contribution in [0.2, 0.25) is 0 Å². The van der Waals surface area contributed by atoms with E-state index in [9.17, 15) is 0 Å². The zero-order valence-corrected chi connectivity index (χ0v) is 20.0. The molecule has 1 saturated heterocycles. The van der Waals surface area contributed by atoms with E-state index in [2.05, 4.69) is 80.2 Å². The van der Waals surface area contributed by atoms with Crippen LogP contribution in [0.4, 0.5) is 0 Å². The lowest BCUT2D eigenvalue weighted by Crippen LogP contribution is -2.53. The number of nitrogens with zero attached hydrogens (tertiary/aromatic N) is 3. The molecular weight excluding hydrogens is 374 g/mol. The van der Waals surface area contributed by atoms with Crippen molar-refractivity contribution in [3.8, 4) is 5.75 Å². The first-order valence-corrected chi connectivity index (χ1v) is 11.7. The number of hydrogen-bond acceptors (Lipinski definition) is 4. The lowest BCUT2D eigenvalue weighted by molar-refractivity contribution is 0.107. The highest BCUT2D eigenvalue weighted by Crippen LogP contribution is 2.23. The largest absolute Gasteiger partial charge is 0.490 e. The van der Waals surface area contributed by atoms with Crippen LogP contribution in [0.25, 0.3) is 0 Å². The molecule has 0 saturated carbocycles. The molecule has 1 heterocycles. The van der Waals surface area contributed by atoms with Gasteiger partial charge in [0.25, 0.3) is 0 Å². The lowest BCUT2D eigenvalue weighted by Gasteiger charge is -2.37. The fourth-order valence-electron chi connectivity index (χ4n) is 3.60. The van der Waals surface area contributed by atoms with Crippen molar-refractivity contribution in [2.24, 2.45) is 4.99 Å². The van der Waals surface area contributed by atoms with E-state index in [1.165, 1.54) is 18.7 Å². The Kier molecular flexibility index (Phi) is 10.4. The highest BCUT2D eigenvalue weighted by atomic mass is 16.5. The highest BCUT2D eigenvalue weighted by molar-refractivity contribution is 5.79. The van der Waals surface area contributed by atoms with Gasteiger partial charge >= 0.3 is 0 Å². The van der Waals surface area contributed by atoms with Crippen molar-refractivity contribution in [2.45, 2.75) is 66.7 Å². The Morgan fingerprint density at radius 2 is 1.83 bits per heavy atom. The molecule has 0 radical (unpaired) electrons. The Balaban J connectivity index is 1.96. The molecule has 30 heavy (non-hydrogen) atoms. The molecule has 1 aromatic rings. The van der Waals surface area contributed by atoms with Gasteiger partial charge in [0, 0.05) is 50.9 Å². The van der Waals surface area contributed by atoms with Crippen LogP contribution in [-0.2, 0) is 6.54 Å². The third-order valence-corrected chi connectivity index (χ3v) is 5.92. The molecular formula is C24H43N5O. The number of benzene rings is 1. The second-order valence-corrected chi connectivity index (χ2v) is 8.34. The average molecular weight is 418 g/mol. The molecule has 2 unspecified atom stereocenters. The second kappa shape index (κ2) is 12.8. The lowest BCUT2D eigenvalue weighted by atomic mass is 10.1. The third kappa shape index (κ3) is 7.80. The summed E-state index contributed by atoms with van der Waals surface area (Å²) in [6.45, 7) is 21.1. The number of rotatable bonds is 10. The predicted octanol–water partition coefficient (Wildman–Crippen LogP) is 3.25. The van der Waals surface area contributed by atoms with Crippen LogP contribution < -0.4 is 15.4 Å². The summed E-state index contributed by atoms with van der Waals surface area (Å²) in [4.78, 5) is 9.92. The van der Waals surface area contributed by atoms with Gasteiger partial charge in [0.1, 0.15) is 5.75 Å². The summed E-state index contributed by atoms with van der Waals surface area (Å²) in [6, 6.07) is 6.87. The van der Waals surface area contributed by atoms with Crippen LogP contribution in [0.15, 0.2) is 23.2 Å². The Morgan fingerprint density at radius 3 is 2.47 bits per heavy atom. The van der Waals surface area contributed by atoms with E-state index in [-0.39, 0.29) is 6.10 Å². The molecule has 1 aliphatic rings. The van der Waals surface area contributed by atoms with E-state index >= 15 is 0 Å². The van der Waals surface area contributed by atoms with Crippen molar-refractivity contribution in [3.63, 3.8) is 0 Å². The first-order chi connectivity index (χ1) is 14.5. The number of aryl methyl sites for hydroxylation is 1. The van der Waals surface area contributed by atoms with Gasteiger partial charge in [-0.15, -0.1) is 0 Å². The second-order valence-electron chi connectivity index (χ2n) is 8.34. The Labute approximate surface area is 184 Å². The number of nitrogens with one attached hydrogen (secondary N) is 2. The van der Waals surface area contributed by atoms with Crippen LogP contribution in [0, 0.1) is 6.92 Å². The van der Waals surface area contributed by atoms with Gasteiger partial charge in [0.05, 0.1) is 12.6 Å². The zero-order valence-electron chi connectivity index (χ0n) is 20.0. The molecule has 0 aliphatic carbocycles. The van der Waals surface area contributed by atoms with Crippen LogP contribution in [0.5, 0.6) is 5.75 Å². The quantitative estimate of drug-likeness (QED) is 0.452. The molecule has 1 aliphatic heterocycles. The van der Waals surface area contributed by atoms with Gasteiger partial charge in [-0.3, -0.25) is 4.90 Å². The van der Waals surface area contributed by atoms with Gasteiger partial charge in [-0.2, -0.15) is 0 Å². The van der Waals surface area contributed by atoms with Crippen molar-refractivity contribution in [2.75, 3.05) is 45.8 Å². The first kappa shape index (κ1) is 24.5. The Morgan fingerprint density at radius 1 is 1.10 bits per heavy atom. The maximum absolute atomic E-state index is 6.14. The topological polar surface area (TPSA) is 52.1 Å². The Hall–Kier alpha value is -1.79. The molecule has 2 rings (SSSR count). The van der Waals surface area contributed by atoms with Crippen LogP contribution in [0.3, 0.4) is 0 Å². The fourth-order valence-corrected chi connectivity index (χ4v) is 3.60. The van der Waals surface area contributed by atoms with E-state index in [4.69, 9.17) is 9.73 Å². The van der Waals surface area contributed by atoms with E-state index in [1.54, 1.807) is 0 Å². The van der Waals surface area contributed by atoms with E-state index in [0.29, 0.717) is 12.6 Å². The third-order valence-electron chi connectivity index (χ3n) is 5.92. The molecule has 0 amide bonds. The number of hydrogen-bond donors (Lipinski definition) is 2. The molecule has 2 atom stereocenters. The zero-order chi connectivity index (χ0) is 21.9. The minimum Gasteiger partial charge on any atom is -0.490 e. The van der Waals surface area contributed by atoms with Crippen LogP contribution in [0.1, 0.15) is 52.2 Å². The molecule has 6 heteroatoms. The minimum atomic E-state index is 0.204. The molecule has 1 aromatic carbocycles. The summed E-state index contributed by atoms with van der Waals surface area (Å²) in [5, 5.41) is 6.92. The molecule has 170 valence electrons. The van der Waals surface area contributed by atoms with E-state index < -0.39 is 0 Å². The highest BCUT2D eigenvalue weighted by Gasteiger charge is 2.20. The van der Waals surface area contributed by atoms with Crippen molar-refractivity contribution >= 4 is 5.96 Å². The molecule has 0 aromatic heterocycles. The number of piperazine rings is 1. The Bertz CT molecular complexity index is 655. The predicted molar refractivity (Wildman–Crippen MR) is 128 cm³/mol.